The number of nitrogens with zero attached hydrogens (tertiary/aromatic N) is 3. The first-order valence-corrected chi connectivity index (χ1v) is 7.79. The minimum Gasteiger partial charge on any atom is -0.340 e. The van der Waals surface area contributed by atoms with Gasteiger partial charge in [-0.05, 0) is 30.9 Å². The highest BCUT2D eigenvalue weighted by Crippen LogP contribution is 2.33. The van der Waals surface area contributed by atoms with Gasteiger partial charge in [-0.15, -0.1) is 0 Å². The van der Waals surface area contributed by atoms with Gasteiger partial charge in [0.25, 0.3) is 5.91 Å². The highest BCUT2D eigenvalue weighted by molar-refractivity contribution is 6.10. The number of fused-ring (bicyclic) bond motifs is 5. The molecule has 0 atom stereocenters. The molecule has 112 valence electrons. The van der Waals surface area contributed by atoms with E-state index < -0.39 is 0 Å². The maximum absolute atomic E-state index is 12.8. The van der Waals surface area contributed by atoms with E-state index in [2.05, 4.69) is 23.2 Å². The molecule has 1 aliphatic heterocycles. The van der Waals surface area contributed by atoms with Crippen molar-refractivity contribution in [1.29, 1.82) is 0 Å². The predicted octanol–water partition coefficient (Wildman–Crippen LogP) is 3.13. The summed E-state index contributed by atoms with van der Waals surface area (Å²) in [5.74, 6) is 0.123. The molecule has 0 aliphatic carbocycles. The van der Waals surface area contributed by atoms with Crippen molar-refractivity contribution in [3.8, 4) is 0 Å². The van der Waals surface area contributed by atoms with Crippen LogP contribution < -0.4 is 0 Å². The lowest BCUT2D eigenvalue weighted by atomic mass is 10.0. The van der Waals surface area contributed by atoms with Gasteiger partial charge in [-0.1, -0.05) is 18.2 Å². The summed E-state index contributed by atoms with van der Waals surface area (Å²) < 4.78 is 2.05. The minimum absolute atomic E-state index is 0.123. The zero-order chi connectivity index (χ0) is 15.3. The summed E-state index contributed by atoms with van der Waals surface area (Å²) in [6, 6.07) is 8.27. The van der Waals surface area contributed by atoms with Gasteiger partial charge in [-0.2, -0.15) is 0 Å². The number of carbonyl (C=O) groups is 1. The Labute approximate surface area is 129 Å². The maximum atomic E-state index is 12.8. The predicted molar refractivity (Wildman–Crippen MR) is 88.1 cm³/mol. The molecule has 4 rings (SSSR count). The monoisotopic (exact) mass is 293 g/mol. The van der Waals surface area contributed by atoms with Crippen LogP contribution in [0.3, 0.4) is 0 Å². The smallest absolute Gasteiger partial charge is 0.270 e. The Morgan fingerprint density at radius 3 is 2.86 bits per heavy atom. The van der Waals surface area contributed by atoms with Crippen LogP contribution in [0.1, 0.15) is 28.9 Å². The van der Waals surface area contributed by atoms with Gasteiger partial charge in [0.15, 0.2) is 0 Å². The Hall–Kier alpha value is -2.36. The fraction of sp³-hybridized carbons (Fsp3) is 0.333. The second-order valence-corrected chi connectivity index (χ2v) is 6.11. The third-order valence-electron chi connectivity index (χ3n) is 4.75. The Morgan fingerprint density at radius 1 is 1.14 bits per heavy atom. The van der Waals surface area contributed by atoms with Gasteiger partial charge in [-0.25, -0.2) is 0 Å². The van der Waals surface area contributed by atoms with Crippen LogP contribution in [0.4, 0.5) is 0 Å². The molecule has 0 spiro atoms. The fourth-order valence-corrected chi connectivity index (χ4v) is 3.61. The van der Waals surface area contributed by atoms with Gasteiger partial charge < -0.3 is 9.47 Å². The Bertz CT molecular complexity index is 894. The summed E-state index contributed by atoms with van der Waals surface area (Å²) in [7, 11) is 3.88. The first kappa shape index (κ1) is 13.3. The van der Waals surface area contributed by atoms with Gasteiger partial charge in [0.05, 0.1) is 11.0 Å². The van der Waals surface area contributed by atoms with Crippen LogP contribution in [0.15, 0.2) is 30.5 Å². The summed E-state index contributed by atoms with van der Waals surface area (Å²) in [6.07, 6.45) is 4.96. The van der Waals surface area contributed by atoms with Crippen LogP contribution in [0.25, 0.3) is 21.8 Å². The summed E-state index contributed by atoms with van der Waals surface area (Å²) in [5.41, 5.74) is 4.06. The number of hydrogen-bond acceptors (Lipinski definition) is 2. The van der Waals surface area contributed by atoms with Gasteiger partial charge in [-0.3, -0.25) is 9.78 Å². The average Bonchev–Trinajstić information content (AvgIpc) is 2.81. The van der Waals surface area contributed by atoms with Gasteiger partial charge in [0.1, 0.15) is 5.69 Å². The van der Waals surface area contributed by atoms with Crippen LogP contribution in [0, 0.1) is 0 Å². The van der Waals surface area contributed by atoms with E-state index in [4.69, 9.17) is 0 Å². The zero-order valence-electron chi connectivity index (χ0n) is 13.0. The molecule has 0 N–H and O–H groups in total. The third-order valence-corrected chi connectivity index (χ3v) is 4.75. The van der Waals surface area contributed by atoms with E-state index in [-0.39, 0.29) is 5.91 Å². The summed E-state index contributed by atoms with van der Waals surface area (Å²) in [4.78, 5) is 19.2. The van der Waals surface area contributed by atoms with Gasteiger partial charge in [0.2, 0.25) is 0 Å². The Morgan fingerprint density at radius 2 is 2.00 bits per heavy atom. The third kappa shape index (κ3) is 1.76. The number of rotatable bonds is 0. The second-order valence-electron chi connectivity index (χ2n) is 6.11. The number of hydrogen-bond donors (Lipinski definition) is 0. The van der Waals surface area contributed by atoms with E-state index >= 15 is 0 Å². The molecule has 0 radical (unpaired) electrons. The Balaban J connectivity index is 2.12. The lowest BCUT2D eigenvalue weighted by Gasteiger charge is -2.21. The van der Waals surface area contributed by atoms with E-state index in [0.29, 0.717) is 0 Å². The van der Waals surface area contributed by atoms with Crippen LogP contribution >= 0.6 is 0 Å². The molecular formula is C18H19N3O. The molecule has 3 heterocycles. The van der Waals surface area contributed by atoms with Crippen molar-refractivity contribution in [1.82, 2.24) is 14.5 Å². The molecule has 0 bridgehead atoms. The normalized spacial score (nSPS) is 15.9. The van der Waals surface area contributed by atoms with Crippen molar-refractivity contribution >= 4 is 27.7 Å². The lowest BCUT2D eigenvalue weighted by molar-refractivity contribution is 0.0778. The summed E-state index contributed by atoms with van der Waals surface area (Å²) in [6.45, 7) is 0.832. The van der Waals surface area contributed by atoms with Crippen molar-refractivity contribution in [2.75, 3.05) is 13.6 Å². The maximum Gasteiger partial charge on any atom is 0.270 e. The molecule has 0 fully saturated rings. The lowest BCUT2D eigenvalue weighted by Crippen LogP contribution is -2.31. The molecule has 1 aromatic carbocycles. The molecule has 22 heavy (non-hydrogen) atoms. The van der Waals surface area contributed by atoms with Crippen molar-refractivity contribution < 1.29 is 4.79 Å². The van der Waals surface area contributed by atoms with E-state index in [0.717, 1.165) is 47.9 Å². The number of carbonyl (C=O) groups excluding carboxylic acids is 1. The van der Waals surface area contributed by atoms with Crippen molar-refractivity contribution in [2.45, 2.75) is 19.3 Å². The SMILES string of the molecule is CN1CCCCc2c(n(C)c3c2ccc2cccnc23)C1=O. The molecular weight excluding hydrogens is 274 g/mol. The fourth-order valence-electron chi connectivity index (χ4n) is 3.61. The van der Waals surface area contributed by atoms with E-state index in [1.165, 1.54) is 10.9 Å². The van der Waals surface area contributed by atoms with Crippen LogP contribution in [-0.4, -0.2) is 34.0 Å². The number of amides is 1. The minimum atomic E-state index is 0.123. The molecule has 0 saturated carbocycles. The topological polar surface area (TPSA) is 38.1 Å². The van der Waals surface area contributed by atoms with Crippen LogP contribution in [0.5, 0.6) is 0 Å². The number of benzene rings is 1. The van der Waals surface area contributed by atoms with Crippen molar-refractivity contribution in [2.24, 2.45) is 7.05 Å². The van der Waals surface area contributed by atoms with Crippen molar-refractivity contribution in [3.63, 3.8) is 0 Å². The molecule has 1 aliphatic rings. The molecule has 2 aromatic heterocycles. The molecule has 0 saturated heterocycles. The molecule has 4 nitrogen and oxygen atoms in total. The van der Waals surface area contributed by atoms with Crippen LogP contribution in [-0.2, 0) is 13.5 Å². The van der Waals surface area contributed by atoms with E-state index in [9.17, 15) is 4.79 Å². The highest BCUT2D eigenvalue weighted by atomic mass is 16.2. The van der Waals surface area contributed by atoms with Crippen LogP contribution in [0.2, 0.25) is 0 Å². The molecule has 1 amide bonds. The number of aryl methyl sites for hydroxylation is 2. The number of pyridine rings is 1. The summed E-state index contributed by atoms with van der Waals surface area (Å²) in [5, 5.41) is 2.29. The molecule has 3 aromatic rings. The first-order valence-electron chi connectivity index (χ1n) is 7.79. The average molecular weight is 293 g/mol. The van der Waals surface area contributed by atoms with Crippen molar-refractivity contribution in [3.05, 3.63) is 41.7 Å². The van der Waals surface area contributed by atoms with E-state index in [1.807, 2.05) is 35.8 Å². The first-order chi connectivity index (χ1) is 10.7. The molecule has 0 unspecified atom stereocenters. The zero-order valence-corrected chi connectivity index (χ0v) is 13.0. The molecule has 4 heteroatoms. The number of aromatic nitrogens is 2. The summed E-state index contributed by atoms with van der Waals surface area (Å²) >= 11 is 0. The second kappa shape index (κ2) is 4.83. The highest BCUT2D eigenvalue weighted by Gasteiger charge is 2.26. The largest absolute Gasteiger partial charge is 0.340 e. The Kier molecular flexibility index (Phi) is 2.93. The quantitative estimate of drug-likeness (QED) is 0.638. The van der Waals surface area contributed by atoms with E-state index in [1.54, 1.807) is 0 Å². The standard InChI is InChI=1S/C18H19N3O/c1-20-11-4-3-7-13-14-9-8-12-6-5-10-19-15(12)16(14)21(2)17(13)18(20)22/h5-6,8-10H,3-4,7,11H2,1-2H3. The van der Waals surface area contributed by atoms with Gasteiger partial charge in [0, 0.05) is 37.6 Å². The van der Waals surface area contributed by atoms with Gasteiger partial charge >= 0.3 is 0 Å².